The number of hydrogen-bond acceptors (Lipinski definition) is 5. The predicted octanol–water partition coefficient (Wildman–Crippen LogP) is 3.57. The lowest BCUT2D eigenvalue weighted by atomic mass is 10.2. The molecule has 0 saturated heterocycles. The van der Waals surface area contributed by atoms with E-state index in [-0.39, 0.29) is 18.4 Å². The van der Waals surface area contributed by atoms with Gasteiger partial charge < -0.3 is 9.64 Å². The van der Waals surface area contributed by atoms with Crippen LogP contribution in [0.2, 0.25) is 0 Å². The highest BCUT2D eigenvalue weighted by Gasteiger charge is 2.24. The second-order valence-electron chi connectivity index (χ2n) is 7.13. The fourth-order valence-electron chi connectivity index (χ4n) is 2.12. The number of nitrogens with zero attached hydrogens (tertiary/aromatic N) is 1. The summed E-state index contributed by atoms with van der Waals surface area (Å²) < 4.78 is 34.3. The van der Waals surface area contributed by atoms with Crippen LogP contribution in [0, 0.1) is 0 Å². The van der Waals surface area contributed by atoms with Crippen molar-refractivity contribution in [2.24, 2.45) is 0 Å². The molecule has 0 aromatic heterocycles. The molecule has 1 aromatic carbocycles. The monoisotopic (exact) mass is 371 g/mol. The number of carbonyl (C=O) groups is 1. The molecule has 0 saturated carbocycles. The van der Waals surface area contributed by atoms with Crippen molar-refractivity contribution < 1.29 is 22.1 Å². The summed E-state index contributed by atoms with van der Waals surface area (Å²) in [5.41, 5.74) is 0.111. The fraction of sp³-hybridized carbons (Fsp3) is 0.611. The maximum Gasteiger partial charge on any atom is 0.410 e. The highest BCUT2D eigenvalue weighted by atomic mass is 32.2. The van der Waals surface area contributed by atoms with Crippen LogP contribution in [0.15, 0.2) is 30.3 Å². The van der Waals surface area contributed by atoms with E-state index in [1.807, 2.05) is 40.7 Å². The number of amides is 1. The molecule has 0 aliphatic heterocycles. The van der Waals surface area contributed by atoms with E-state index in [4.69, 9.17) is 8.92 Å². The third kappa shape index (κ3) is 8.88. The van der Waals surface area contributed by atoms with E-state index in [2.05, 4.69) is 0 Å². The second-order valence-corrected chi connectivity index (χ2v) is 8.77. The molecular formula is C18H29NO5S. The second kappa shape index (κ2) is 9.20. The summed E-state index contributed by atoms with van der Waals surface area (Å²) in [5.74, 6) is -0.159. The minimum absolute atomic E-state index is 0.0290. The maximum absolute atomic E-state index is 12.2. The van der Waals surface area contributed by atoms with E-state index >= 15 is 0 Å². The Hall–Kier alpha value is -1.60. The van der Waals surface area contributed by atoms with E-state index in [1.165, 1.54) is 0 Å². The first-order valence-corrected chi connectivity index (χ1v) is 9.98. The van der Waals surface area contributed by atoms with Gasteiger partial charge in [-0.15, -0.1) is 0 Å². The molecule has 1 aromatic rings. The van der Waals surface area contributed by atoms with Gasteiger partial charge in [0.1, 0.15) is 11.4 Å². The van der Waals surface area contributed by atoms with E-state index in [0.29, 0.717) is 18.5 Å². The van der Waals surface area contributed by atoms with Gasteiger partial charge in [-0.25, -0.2) is 4.79 Å². The molecule has 0 spiro atoms. The van der Waals surface area contributed by atoms with Crippen LogP contribution in [0.25, 0.3) is 0 Å². The molecule has 0 atom stereocenters. The summed E-state index contributed by atoms with van der Waals surface area (Å²) in [6.45, 7) is 9.59. The van der Waals surface area contributed by atoms with Gasteiger partial charge in [0.15, 0.2) is 0 Å². The molecule has 0 aliphatic rings. The lowest BCUT2D eigenvalue weighted by molar-refractivity contribution is 0.0183. The Morgan fingerprint density at radius 3 is 2.28 bits per heavy atom. The Morgan fingerprint density at radius 1 is 1.16 bits per heavy atom. The normalized spacial score (nSPS) is 12.2. The van der Waals surface area contributed by atoms with Gasteiger partial charge in [0.05, 0.1) is 6.61 Å². The average molecular weight is 371 g/mol. The molecule has 0 fully saturated rings. The van der Waals surface area contributed by atoms with Gasteiger partial charge in [-0.1, -0.05) is 30.3 Å². The third-order valence-electron chi connectivity index (χ3n) is 3.24. The SMILES string of the molecule is CC(C)N(CCCOS(=O)(=O)Cc1ccccc1)C(=O)OC(C)(C)C. The maximum atomic E-state index is 12.2. The first-order valence-electron chi connectivity index (χ1n) is 8.41. The number of carbonyl (C=O) groups excluding carboxylic acids is 1. The van der Waals surface area contributed by atoms with Crippen LogP contribution in [0.5, 0.6) is 0 Å². The van der Waals surface area contributed by atoms with Crippen LogP contribution in [0.4, 0.5) is 4.79 Å². The smallest absolute Gasteiger partial charge is 0.410 e. The first kappa shape index (κ1) is 21.4. The molecule has 1 rings (SSSR count). The molecule has 25 heavy (non-hydrogen) atoms. The summed E-state index contributed by atoms with van der Waals surface area (Å²) in [5, 5.41) is 0. The zero-order valence-electron chi connectivity index (χ0n) is 15.7. The summed E-state index contributed by atoms with van der Waals surface area (Å²) in [6, 6.07) is 8.83. The zero-order chi connectivity index (χ0) is 19.1. The van der Waals surface area contributed by atoms with Crippen molar-refractivity contribution >= 4 is 16.2 Å². The molecule has 0 N–H and O–H groups in total. The minimum Gasteiger partial charge on any atom is -0.444 e. The van der Waals surface area contributed by atoms with E-state index in [9.17, 15) is 13.2 Å². The van der Waals surface area contributed by atoms with Crippen LogP contribution in [-0.4, -0.2) is 44.2 Å². The standard InChI is InChI=1S/C18H29NO5S/c1-15(2)19(17(20)24-18(3,4)5)12-9-13-23-25(21,22)14-16-10-7-6-8-11-16/h6-8,10-11,15H,9,12-14H2,1-5H3. The Balaban J connectivity index is 2.47. The van der Waals surface area contributed by atoms with Crippen molar-refractivity contribution in [2.75, 3.05) is 13.2 Å². The molecule has 6 nitrogen and oxygen atoms in total. The van der Waals surface area contributed by atoms with E-state index in [1.54, 1.807) is 29.2 Å². The molecule has 0 bridgehead atoms. The van der Waals surface area contributed by atoms with Gasteiger partial charge in [0.25, 0.3) is 10.1 Å². The molecule has 7 heteroatoms. The molecule has 0 radical (unpaired) electrons. The highest BCUT2D eigenvalue weighted by molar-refractivity contribution is 7.85. The largest absolute Gasteiger partial charge is 0.444 e. The Bertz CT molecular complexity index is 635. The van der Waals surface area contributed by atoms with Crippen molar-refractivity contribution in [3.05, 3.63) is 35.9 Å². The van der Waals surface area contributed by atoms with Gasteiger partial charge >= 0.3 is 6.09 Å². The van der Waals surface area contributed by atoms with Crippen LogP contribution in [0.1, 0.15) is 46.6 Å². The Morgan fingerprint density at radius 2 is 1.76 bits per heavy atom. The van der Waals surface area contributed by atoms with E-state index < -0.39 is 21.8 Å². The van der Waals surface area contributed by atoms with Crippen molar-refractivity contribution in [1.82, 2.24) is 4.90 Å². The molecule has 1 amide bonds. The van der Waals surface area contributed by atoms with Gasteiger partial charge in [-0.05, 0) is 46.6 Å². The van der Waals surface area contributed by atoms with E-state index in [0.717, 1.165) is 0 Å². The zero-order valence-corrected chi connectivity index (χ0v) is 16.5. The Kier molecular flexibility index (Phi) is 7.89. The first-order chi connectivity index (χ1) is 11.5. The quantitative estimate of drug-likeness (QED) is 0.516. The molecular weight excluding hydrogens is 342 g/mol. The number of ether oxygens (including phenoxy) is 1. The predicted molar refractivity (Wildman–Crippen MR) is 97.7 cm³/mol. The van der Waals surface area contributed by atoms with Crippen LogP contribution in [0.3, 0.4) is 0 Å². The molecule has 142 valence electrons. The highest BCUT2D eigenvalue weighted by Crippen LogP contribution is 2.13. The lowest BCUT2D eigenvalue weighted by Gasteiger charge is -2.30. The van der Waals surface area contributed by atoms with Gasteiger partial charge in [0, 0.05) is 12.6 Å². The van der Waals surface area contributed by atoms with Crippen molar-refractivity contribution in [1.29, 1.82) is 0 Å². The van der Waals surface area contributed by atoms with Gasteiger partial charge in [0.2, 0.25) is 0 Å². The number of benzene rings is 1. The third-order valence-corrected chi connectivity index (χ3v) is 4.46. The van der Waals surface area contributed by atoms with Crippen molar-refractivity contribution in [2.45, 2.75) is 58.4 Å². The van der Waals surface area contributed by atoms with Crippen LogP contribution >= 0.6 is 0 Å². The van der Waals surface area contributed by atoms with Crippen LogP contribution < -0.4 is 0 Å². The summed E-state index contributed by atoms with van der Waals surface area (Å²) in [6.07, 6.45) is 0.000439. The van der Waals surface area contributed by atoms with Crippen LogP contribution in [-0.2, 0) is 24.8 Å². The summed E-state index contributed by atoms with van der Waals surface area (Å²) >= 11 is 0. The van der Waals surface area contributed by atoms with Gasteiger partial charge in [-0.3, -0.25) is 4.18 Å². The van der Waals surface area contributed by atoms with Crippen molar-refractivity contribution in [3.63, 3.8) is 0 Å². The topological polar surface area (TPSA) is 72.9 Å². The summed E-state index contributed by atoms with van der Waals surface area (Å²) in [7, 11) is -3.64. The molecule has 0 aliphatic carbocycles. The molecule has 0 unspecified atom stereocenters. The molecule has 0 heterocycles. The average Bonchev–Trinajstić information content (AvgIpc) is 2.45. The minimum atomic E-state index is -3.64. The number of rotatable bonds is 8. The summed E-state index contributed by atoms with van der Waals surface area (Å²) in [4.78, 5) is 13.7. The van der Waals surface area contributed by atoms with Crippen molar-refractivity contribution in [3.8, 4) is 0 Å². The number of hydrogen-bond donors (Lipinski definition) is 0. The lowest BCUT2D eigenvalue weighted by Crippen LogP contribution is -2.41. The Labute approximate surface area is 151 Å². The van der Waals surface area contributed by atoms with Gasteiger partial charge in [-0.2, -0.15) is 8.42 Å². The fourth-order valence-corrected chi connectivity index (χ4v) is 3.18.